The van der Waals surface area contributed by atoms with Gasteiger partial charge in [0.1, 0.15) is 5.82 Å². The number of carbonyl (C=O) groups excluding carboxylic acids is 1. The molecule has 3 heterocycles. The van der Waals surface area contributed by atoms with E-state index < -0.39 is 0 Å². The van der Waals surface area contributed by atoms with E-state index >= 15 is 0 Å². The van der Waals surface area contributed by atoms with Crippen LogP contribution < -0.4 is 4.90 Å². The first kappa shape index (κ1) is 12.5. The summed E-state index contributed by atoms with van der Waals surface area (Å²) in [5.41, 5.74) is 1.23. The lowest BCUT2D eigenvalue weighted by atomic mass is 9.96. The minimum Gasteiger partial charge on any atom is -0.356 e. The average Bonchev–Trinajstić information content (AvgIpc) is 3.01. The molecule has 0 spiro atoms. The van der Waals surface area contributed by atoms with E-state index in [0.717, 1.165) is 44.7 Å². The van der Waals surface area contributed by atoms with Gasteiger partial charge in [-0.1, -0.05) is 6.07 Å². The molecule has 0 bridgehead atoms. The van der Waals surface area contributed by atoms with E-state index in [9.17, 15) is 4.79 Å². The topological polar surface area (TPSA) is 36.4 Å². The quantitative estimate of drug-likeness (QED) is 0.782. The summed E-state index contributed by atoms with van der Waals surface area (Å²) >= 11 is 0. The van der Waals surface area contributed by atoms with Gasteiger partial charge in [0.15, 0.2) is 0 Å². The van der Waals surface area contributed by atoms with Crippen LogP contribution in [0.25, 0.3) is 0 Å². The van der Waals surface area contributed by atoms with Gasteiger partial charge in [0.2, 0.25) is 6.41 Å². The van der Waals surface area contributed by atoms with Crippen LogP contribution in [-0.2, 0) is 4.79 Å². The van der Waals surface area contributed by atoms with Crippen molar-refractivity contribution in [1.82, 2.24) is 9.88 Å². The molecule has 2 saturated heterocycles. The second kappa shape index (κ2) is 5.59. The Morgan fingerprint density at radius 1 is 1.16 bits per heavy atom. The number of anilines is 1. The number of carbonyl (C=O) groups is 1. The Labute approximate surface area is 114 Å². The van der Waals surface area contributed by atoms with Gasteiger partial charge >= 0.3 is 0 Å². The molecule has 4 nitrogen and oxygen atoms in total. The Morgan fingerprint density at radius 2 is 1.95 bits per heavy atom. The largest absolute Gasteiger partial charge is 0.356 e. The third-order valence-corrected chi connectivity index (χ3v) is 4.26. The standard InChI is InChI=1S/C15H21N3O/c19-12-18-11-2-1-7-14(18)13-6-5-8-16-15(13)17-9-3-4-10-17/h5-6,8,12,14H,1-4,7,9-11H2/t14-/m0/s1. The number of pyridine rings is 1. The summed E-state index contributed by atoms with van der Waals surface area (Å²) < 4.78 is 0. The number of hydrogen-bond acceptors (Lipinski definition) is 3. The summed E-state index contributed by atoms with van der Waals surface area (Å²) in [5, 5.41) is 0. The lowest BCUT2D eigenvalue weighted by Crippen LogP contribution is -2.33. The van der Waals surface area contributed by atoms with Crippen LogP contribution in [0.5, 0.6) is 0 Å². The van der Waals surface area contributed by atoms with Gasteiger partial charge in [0, 0.05) is 31.4 Å². The molecule has 4 heteroatoms. The fourth-order valence-electron chi connectivity index (χ4n) is 3.28. The summed E-state index contributed by atoms with van der Waals surface area (Å²) in [7, 11) is 0. The number of rotatable bonds is 3. The Morgan fingerprint density at radius 3 is 2.74 bits per heavy atom. The van der Waals surface area contributed by atoms with E-state index in [1.165, 1.54) is 24.8 Å². The van der Waals surface area contributed by atoms with Crippen molar-refractivity contribution in [2.45, 2.75) is 38.1 Å². The number of aromatic nitrogens is 1. The molecule has 1 aromatic rings. The van der Waals surface area contributed by atoms with E-state index in [1.54, 1.807) is 0 Å². The molecule has 102 valence electrons. The van der Waals surface area contributed by atoms with Gasteiger partial charge in [-0.15, -0.1) is 0 Å². The average molecular weight is 259 g/mol. The van der Waals surface area contributed by atoms with Crippen molar-refractivity contribution >= 4 is 12.2 Å². The van der Waals surface area contributed by atoms with Crippen LogP contribution in [0.4, 0.5) is 5.82 Å². The maximum atomic E-state index is 11.3. The van der Waals surface area contributed by atoms with Gasteiger partial charge < -0.3 is 9.80 Å². The van der Waals surface area contributed by atoms with Gasteiger partial charge in [-0.05, 0) is 38.2 Å². The fraction of sp³-hybridized carbons (Fsp3) is 0.600. The van der Waals surface area contributed by atoms with Crippen molar-refractivity contribution < 1.29 is 4.79 Å². The summed E-state index contributed by atoms with van der Waals surface area (Å²) in [6.07, 6.45) is 8.75. The number of hydrogen-bond donors (Lipinski definition) is 0. The summed E-state index contributed by atoms with van der Waals surface area (Å²) in [4.78, 5) is 20.2. The normalized spacial score (nSPS) is 23.7. The highest BCUT2D eigenvalue weighted by molar-refractivity contribution is 5.54. The van der Waals surface area contributed by atoms with Gasteiger partial charge in [-0.2, -0.15) is 0 Å². The predicted octanol–water partition coefficient (Wildman–Crippen LogP) is 2.37. The minimum absolute atomic E-state index is 0.218. The lowest BCUT2D eigenvalue weighted by molar-refractivity contribution is -0.121. The zero-order chi connectivity index (χ0) is 13.1. The van der Waals surface area contributed by atoms with Crippen LogP contribution in [0.2, 0.25) is 0 Å². The highest BCUT2D eigenvalue weighted by atomic mass is 16.1. The molecule has 0 aromatic carbocycles. The Kier molecular flexibility index (Phi) is 3.67. The predicted molar refractivity (Wildman–Crippen MR) is 75.0 cm³/mol. The molecular weight excluding hydrogens is 238 g/mol. The second-order valence-corrected chi connectivity index (χ2v) is 5.47. The van der Waals surface area contributed by atoms with Gasteiger partial charge in [0.25, 0.3) is 0 Å². The van der Waals surface area contributed by atoms with Gasteiger partial charge in [-0.3, -0.25) is 4.79 Å². The Hall–Kier alpha value is -1.58. The molecule has 0 unspecified atom stereocenters. The third-order valence-electron chi connectivity index (χ3n) is 4.26. The van der Waals surface area contributed by atoms with Crippen molar-refractivity contribution in [2.75, 3.05) is 24.5 Å². The maximum absolute atomic E-state index is 11.3. The molecule has 2 fully saturated rings. The van der Waals surface area contributed by atoms with Crippen LogP contribution in [-0.4, -0.2) is 35.9 Å². The van der Waals surface area contributed by atoms with Crippen LogP contribution >= 0.6 is 0 Å². The molecule has 3 rings (SSSR count). The summed E-state index contributed by atoms with van der Waals surface area (Å²) in [5.74, 6) is 1.10. The van der Waals surface area contributed by atoms with Crippen molar-refractivity contribution in [2.24, 2.45) is 0 Å². The van der Waals surface area contributed by atoms with Crippen LogP contribution in [0, 0.1) is 0 Å². The first-order valence-electron chi connectivity index (χ1n) is 7.31. The molecule has 0 radical (unpaired) electrons. The smallest absolute Gasteiger partial charge is 0.210 e. The number of amides is 1. The second-order valence-electron chi connectivity index (χ2n) is 5.47. The zero-order valence-corrected chi connectivity index (χ0v) is 11.3. The first-order chi connectivity index (χ1) is 9.40. The zero-order valence-electron chi connectivity index (χ0n) is 11.3. The van der Waals surface area contributed by atoms with Crippen molar-refractivity contribution in [3.8, 4) is 0 Å². The number of nitrogens with zero attached hydrogens (tertiary/aromatic N) is 3. The first-order valence-corrected chi connectivity index (χ1v) is 7.31. The van der Waals surface area contributed by atoms with Gasteiger partial charge in [0.05, 0.1) is 6.04 Å². The van der Waals surface area contributed by atoms with Crippen molar-refractivity contribution in [3.05, 3.63) is 23.9 Å². The summed E-state index contributed by atoms with van der Waals surface area (Å²) in [6, 6.07) is 4.36. The molecule has 2 aliphatic heterocycles. The Bertz CT molecular complexity index is 443. The van der Waals surface area contributed by atoms with E-state index in [4.69, 9.17) is 0 Å². The monoisotopic (exact) mass is 259 g/mol. The van der Waals surface area contributed by atoms with E-state index in [2.05, 4.69) is 16.0 Å². The maximum Gasteiger partial charge on any atom is 0.210 e. The van der Waals surface area contributed by atoms with Crippen LogP contribution in [0.3, 0.4) is 0 Å². The molecule has 1 atom stereocenters. The fourth-order valence-corrected chi connectivity index (χ4v) is 3.28. The molecule has 19 heavy (non-hydrogen) atoms. The van der Waals surface area contributed by atoms with Crippen LogP contribution in [0.1, 0.15) is 43.7 Å². The van der Waals surface area contributed by atoms with E-state index in [1.807, 2.05) is 17.2 Å². The molecular formula is C15H21N3O. The molecule has 2 aliphatic rings. The Balaban J connectivity index is 1.92. The molecule has 1 amide bonds. The van der Waals surface area contributed by atoms with E-state index in [0.29, 0.717) is 0 Å². The summed E-state index contributed by atoms with van der Waals surface area (Å²) in [6.45, 7) is 3.07. The molecule has 0 N–H and O–H groups in total. The lowest BCUT2D eigenvalue weighted by Gasteiger charge is -2.35. The van der Waals surface area contributed by atoms with Gasteiger partial charge in [-0.25, -0.2) is 4.98 Å². The minimum atomic E-state index is 0.218. The van der Waals surface area contributed by atoms with Crippen LogP contribution in [0.15, 0.2) is 18.3 Å². The highest BCUT2D eigenvalue weighted by Crippen LogP contribution is 2.35. The van der Waals surface area contributed by atoms with Crippen molar-refractivity contribution in [3.63, 3.8) is 0 Å². The molecule has 1 aromatic heterocycles. The molecule has 0 saturated carbocycles. The molecule has 0 aliphatic carbocycles. The SMILES string of the molecule is O=CN1CCCC[C@H]1c1cccnc1N1CCCC1. The van der Waals surface area contributed by atoms with E-state index in [-0.39, 0.29) is 6.04 Å². The third kappa shape index (κ3) is 2.44. The van der Waals surface area contributed by atoms with Crippen molar-refractivity contribution in [1.29, 1.82) is 0 Å². The number of piperidine rings is 1. The number of likely N-dealkylation sites (tertiary alicyclic amines) is 1. The highest BCUT2D eigenvalue weighted by Gasteiger charge is 2.27.